The molecule has 2 heterocycles. The molecule has 130 valence electrons. The average Bonchev–Trinajstić information content (AvgIpc) is 2.79. The number of benzene rings is 2. The van der Waals surface area contributed by atoms with Gasteiger partial charge in [0.15, 0.2) is 0 Å². The van der Waals surface area contributed by atoms with Gasteiger partial charge in [0.25, 0.3) is 5.56 Å². The van der Waals surface area contributed by atoms with Gasteiger partial charge >= 0.3 is 0 Å². The Morgan fingerprint density at radius 1 is 1.04 bits per heavy atom. The first-order valence-corrected chi connectivity index (χ1v) is 8.25. The number of aryl methyl sites for hydroxylation is 1. The van der Waals surface area contributed by atoms with Crippen molar-refractivity contribution in [2.45, 2.75) is 6.54 Å². The highest BCUT2D eigenvalue weighted by atomic mass is 19.1. The van der Waals surface area contributed by atoms with Crippen LogP contribution in [-0.2, 0) is 13.6 Å². The molecule has 0 unspecified atom stereocenters. The van der Waals surface area contributed by atoms with Gasteiger partial charge < -0.3 is 9.30 Å². The number of aromatic nitrogens is 1. The number of hydrogen-bond donors (Lipinski definition) is 0. The van der Waals surface area contributed by atoms with Gasteiger partial charge in [-0.05, 0) is 53.6 Å². The predicted molar refractivity (Wildman–Crippen MR) is 99.4 cm³/mol. The SMILES string of the molecule is COc1ccc2c(c1)C(c1ccc(F)cc1)=NCc1cc(=O)n(C)cc1-2. The van der Waals surface area contributed by atoms with Crippen molar-refractivity contribution in [3.8, 4) is 16.9 Å². The van der Waals surface area contributed by atoms with E-state index in [4.69, 9.17) is 9.73 Å². The molecular weight excluding hydrogens is 331 g/mol. The van der Waals surface area contributed by atoms with Crippen molar-refractivity contribution >= 4 is 5.71 Å². The maximum absolute atomic E-state index is 13.4. The Kier molecular flexibility index (Phi) is 3.92. The number of ether oxygens (including phenoxy) is 1. The van der Waals surface area contributed by atoms with Crippen LogP contribution in [0.4, 0.5) is 4.39 Å². The van der Waals surface area contributed by atoms with Crippen molar-refractivity contribution in [2.75, 3.05) is 7.11 Å². The summed E-state index contributed by atoms with van der Waals surface area (Å²) in [6, 6.07) is 13.7. The van der Waals surface area contributed by atoms with E-state index in [2.05, 4.69) is 0 Å². The Balaban J connectivity index is 2.00. The fourth-order valence-electron chi connectivity index (χ4n) is 3.23. The van der Waals surface area contributed by atoms with Crippen LogP contribution < -0.4 is 10.3 Å². The van der Waals surface area contributed by atoms with E-state index in [1.807, 2.05) is 24.4 Å². The maximum atomic E-state index is 13.4. The van der Waals surface area contributed by atoms with Crippen LogP contribution in [0.25, 0.3) is 11.1 Å². The van der Waals surface area contributed by atoms with E-state index < -0.39 is 0 Å². The zero-order valence-electron chi connectivity index (χ0n) is 14.5. The first-order valence-electron chi connectivity index (χ1n) is 8.25. The normalized spacial score (nSPS) is 12.7. The molecule has 26 heavy (non-hydrogen) atoms. The monoisotopic (exact) mass is 348 g/mol. The van der Waals surface area contributed by atoms with Crippen LogP contribution >= 0.6 is 0 Å². The number of fused-ring (bicyclic) bond motifs is 3. The minimum absolute atomic E-state index is 0.0701. The predicted octanol–water partition coefficient (Wildman–Crippen LogP) is 3.55. The third-order valence-electron chi connectivity index (χ3n) is 4.61. The van der Waals surface area contributed by atoms with E-state index in [0.29, 0.717) is 12.3 Å². The van der Waals surface area contributed by atoms with Crippen LogP contribution in [-0.4, -0.2) is 17.4 Å². The van der Waals surface area contributed by atoms with Gasteiger partial charge in [-0.3, -0.25) is 9.79 Å². The Morgan fingerprint density at radius 2 is 1.81 bits per heavy atom. The summed E-state index contributed by atoms with van der Waals surface area (Å²) in [6.45, 7) is 0.384. The lowest BCUT2D eigenvalue weighted by Gasteiger charge is -2.14. The highest BCUT2D eigenvalue weighted by Gasteiger charge is 2.20. The van der Waals surface area contributed by atoms with Crippen molar-refractivity contribution in [3.05, 3.63) is 87.6 Å². The van der Waals surface area contributed by atoms with Gasteiger partial charge in [0.2, 0.25) is 0 Å². The zero-order chi connectivity index (χ0) is 18.3. The molecule has 1 aromatic heterocycles. The molecular formula is C21H17FN2O2. The summed E-state index contributed by atoms with van der Waals surface area (Å²) in [5.41, 5.74) is 5.21. The number of nitrogens with zero attached hydrogens (tertiary/aromatic N) is 2. The molecule has 1 aliphatic rings. The van der Waals surface area contributed by atoms with E-state index in [1.165, 1.54) is 12.1 Å². The summed E-state index contributed by atoms with van der Waals surface area (Å²) in [6.07, 6.45) is 1.84. The first kappa shape index (κ1) is 16.3. The van der Waals surface area contributed by atoms with Gasteiger partial charge in [-0.25, -0.2) is 4.39 Å². The minimum Gasteiger partial charge on any atom is -0.497 e. The molecule has 3 aromatic rings. The number of aliphatic imine (C=N–C) groups is 1. The first-order chi connectivity index (χ1) is 12.6. The second kappa shape index (κ2) is 6.26. The summed E-state index contributed by atoms with van der Waals surface area (Å²) in [5, 5.41) is 0. The Morgan fingerprint density at radius 3 is 2.54 bits per heavy atom. The third kappa shape index (κ3) is 2.71. The van der Waals surface area contributed by atoms with Gasteiger partial charge in [-0.1, -0.05) is 0 Å². The van der Waals surface area contributed by atoms with Crippen molar-refractivity contribution in [1.29, 1.82) is 0 Å². The summed E-state index contributed by atoms with van der Waals surface area (Å²) >= 11 is 0. The van der Waals surface area contributed by atoms with Crippen molar-refractivity contribution in [1.82, 2.24) is 4.57 Å². The summed E-state index contributed by atoms with van der Waals surface area (Å²) < 4.78 is 20.3. The Labute approximate surface area is 150 Å². The average molecular weight is 348 g/mol. The van der Waals surface area contributed by atoms with Crippen LogP contribution in [0.3, 0.4) is 0 Å². The van der Waals surface area contributed by atoms with Crippen LogP contribution in [0.1, 0.15) is 16.7 Å². The van der Waals surface area contributed by atoms with Crippen LogP contribution in [0.5, 0.6) is 5.75 Å². The van der Waals surface area contributed by atoms with E-state index in [1.54, 1.807) is 36.9 Å². The third-order valence-corrected chi connectivity index (χ3v) is 4.61. The fraction of sp³-hybridized carbons (Fsp3) is 0.143. The summed E-state index contributed by atoms with van der Waals surface area (Å²) in [4.78, 5) is 16.8. The molecule has 4 nitrogen and oxygen atoms in total. The minimum atomic E-state index is -0.292. The molecule has 1 aliphatic heterocycles. The van der Waals surface area contributed by atoms with E-state index in [9.17, 15) is 9.18 Å². The molecule has 2 aromatic carbocycles. The molecule has 0 saturated heterocycles. The molecule has 0 saturated carbocycles. The number of pyridine rings is 1. The Hall–Kier alpha value is -3.21. The molecule has 0 spiro atoms. The summed E-state index contributed by atoms with van der Waals surface area (Å²) in [5.74, 6) is 0.423. The van der Waals surface area contributed by atoms with Gasteiger partial charge in [0.05, 0.1) is 19.4 Å². The summed E-state index contributed by atoms with van der Waals surface area (Å²) in [7, 11) is 3.35. The topological polar surface area (TPSA) is 43.6 Å². The molecule has 0 bridgehead atoms. The van der Waals surface area contributed by atoms with Crippen molar-refractivity contribution in [3.63, 3.8) is 0 Å². The van der Waals surface area contributed by atoms with Gasteiger partial charge in [0.1, 0.15) is 11.6 Å². The molecule has 0 amide bonds. The van der Waals surface area contributed by atoms with Crippen LogP contribution in [0.2, 0.25) is 0 Å². The molecule has 0 N–H and O–H groups in total. The molecule has 0 radical (unpaired) electrons. The molecule has 5 heteroatoms. The molecule has 0 fully saturated rings. The van der Waals surface area contributed by atoms with Crippen molar-refractivity contribution < 1.29 is 9.13 Å². The smallest absolute Gasteiger partial charge is 0.250 e. The van der Waals surface area contributed by atoms with E-state index >= 15 is 0 Å². The lowest BCUT2D eigenvalue weighted by Crippen LogP contribution is -2.16. The second-order valence-electron chi connectivity index (χ2n) is 6.24. The van der Waals surface area contributed by atoms with Crippen LogP contribution in [0, 0.1) is 5.82 Å². The maximum Gasteiger partial charge on any atom is 0.250 e. The van der Waals surface area contributed by atoms with Crippen molar-refractivity contribution in [2.24, 2.45) is 12.0 Å². The number of hydrogen-bond acceptors (Lipinski definition) is 3. The lowest BCUT2D eigenvalue weighted by atomic mass is 9.93. The van der Waals surface area contributed by atoms with Gasteiger partial charge in [0, 0.05) is 36.0 Å². The standard InChI is InChI=1S/C21H17FN2O2/c1-24-12-19-14(9-20(24)25)11-23-21(13-3-5-15(22)6-4-13)18-10-16(26-2)7-8-17(18)19/h3-10,12H,11H2,1-2H3. The second-order valence-corrected chi connectivity index (χ2v) is 6.24. The largest absolute Gasteiger partial charge is 0.497 e. The van der Waals surface area contributed by atoms with Crippen LogP contribution in [0.15, 0.2) is 64.5 Å². The van der Waals surface area contributed by atoms with Gasteiger partial charge in [-0.2, -0.15) is 0 Å². The van der Waals surface area contributed by atoms with E-state index in [0.717, 1.165) is 33.5 Å². The zero-order valence-corrected chi connectivity index (χ0v) is 14.5. The fourth-order valence-corrected chi connectivity index (χ4v) is 3.23. The lowest BCUT2D eigenvalue weighted by molar-refractivity contribution is 0.415. The van der Waals surface area contributed by atoms with E-state index in [-0.39, 0.29) is 11.4 Å². The molecule has 4 rings (SSSR count). The highest BCUT2D eigenvalue weighted by molar-refractivity contribution is 6.17. The van der Waals surface area contributed by atoms with Gasteiger partial charge in [-0.15, -0.1) is 0 Å². The molecule has 0 aliphatic carbocycles. The number of rotatable bonds is 2. The number of methoxy groups -OCH3 is 1. The Bertz CT molecular complexity index is 1080. The number of halogens is 1. The highest BCUT2D eigenvalue weighted by Crippen LogP contribution is 2.34. The quantitative estimate of drug-likeness (QED) is 0.711. The molecule has 0 atom stereocenters.